The molecule has 1 N–H and O–H groups in total. The van der Waals surface area contributed by atoms with E-state index in [2.05, 4.69) is 0 Å². The van der Waals surface area contributed by atoms with Crippen LogP contribution in [0, 0.1) is 0 Å². The van der Waals surface area contributed by atoms with Crippen LogP contribution in [0.2, 0.25) is 10.0 Å². The molecule has 0 aromatic heterocycles. The average Bonchev–Trinajstić information content (AvgIpc) is 2.35. The zero-order chi connectivity index (χ0) is 10.1. The molecule has 1 aliphatic rings. The summed E-state index contributed by atoms with van der Waals surface area (Å²) in [5.41, 5.74) is 0.733. The van der Waals surface area contributed by atoms with Crippen LogP contribution in [0.4, 0.5) is 0 Å². The zero-order valence-corrected chi connectivity index (χ0v) is 8.98. The molecule has 2 nitrogen and oxygen atoms in total. The summed E-state index contributed by atoms with van der Waals surface area (Å²) in [6, 6.07) is 3.44. The molecule has 0 saturated carbocycles. The molecule has 0 saturated heterocycles. The highest BCUT2D eigenvalue weighted by atomic mass is 35.5. The molecule has 0 aliphatic carbocycles. The number of ether oxygens (including phenoxy) is 1. The van der Waals surface area contributed by atoms with Crippen LogP contribution in [0.1, 0.15) is 24.5 Å². The van der Waals surface area contributed by atoms with Crippen molar-refractivity contribution in [3.05, 3.63) is 27.7 Å². The molecule has 1 aliphatic heterocycles. The highest BCUT2D eigenvalue weighted by Crippen LogP contribution is 2.40. The highest BCUT2D eigenvalue weighted by Gasteiger charge is 2.21. The van der Waals surface area contributed by atoms with E-state index in [-0.39, 0.29) is 0 Å². The summed E-state index contributed by atoms with van der Waals surface area (Å²) >= 11 is 11.8. The lowest BCUT2D eigenvalue weighted by Gasteiger charge is -2.12. The third kappa shape index (κ3) is 1.70. The van der Waals surface area contributed by atoms with Gasteiger partial charge in [-0.1, -0.05) is 29.3 Å². The third-order valence-electron chi connectivity index (χ3n) is 2.31. The minimum Gasteiger partial charge on any atom is -0.492 e. The van der Waals surface area contributed by atoms with E-state index in [0.717, 1.165) is 12.0 Å². The van der Waals surface area contributed by atoms with Crippen LogP contribution in [0.15, 0.2) is 12.1 Å². The smallest absolute Gasteiger partial charge is 0.145 e. The molecule has 1 heterocycles. The lowest BCUT2D eigenvalue weighted by Crippen LogP contribution is -1.97. The summed E-state index contributed by atoms with van der Waals surface area (Å²) in [7, 11) is 0. The first-order chi connectivity index (χ1) is 6.70. The number of benzene rings is 1. The van der Waals surface area contributed by atoms with Gasteiger partial charge in [-0.2, -0.15) is 0 Å². The molecule has 76 valence electrons. The maximum absolute atomic E-state index is 9.77. The predicted molar refractivity (Wildman–Crippen MR) is 56.2 cm³/mol. The van der Waals surface area contributed by atoms with E-state index in [4.69, 9.17) is 27.9 Å². The van der Waals surface area contributed by atoms with Crippen LogP contribution >= 0.6 is 23.2 Å². The van der Waals surface area contributed by atoms with Gasteiger partial charge in [-0.25, -0.2) is 0 Å². The Morgan fingerprint density at radius 3 is 2.93 bits per heavy atom. The lowest BCUT2D eigenvalue weighted by molar-refractivity contribution is 0.167. The van der Waals surface area contributed by atoms with Crippen molar-refractivity contribution >= 4 is 23.2 Å². The minimum atomic E-state index is -0.498. The Morgan fingerprint density at radius 1 is 1.36 bits per heavy atom. The fourth-order valence-electron chi connectivity index (χ4n) is 1.56. The van der Waals surface area contributed by atoms with Gasteiger partial charge >= 0.3 is 0 Å². The van der Waals surface area contributed by atoms with Crippen molar-refractivity contribution in [1.29, 1.82) is 0 Å². The van der Waals surface area contributed by atoms with E-state index in [9.17, 15) is 5.11 Å². The molecule has 0 spiro atoms. The maximum atomic E-state index is 9.77. The summed E-state index contributed by atoms with van der Waals surface area (Å²) in [6.07, 6.45) is 1.02. The summed E-state index contributed by atoms with van der Waals surface area (Å²) in [6.45, 7) is 0.574. The van der Waals surface area contributed by atoms with Gasteiger partial charge in [0.05, 0.1) is 17.7 Å². The molecule has 0 amide bonds. The molecule has 1 atom stereocenters. The normalized spacial score (nSPS) is 20.9. The number of rotatable bonds is 0. The van der Waals surface area contributed by atoms with E-state index in [1.54, 1.807) is 12.1 Å². The monoisotopic (exact) mass is 232 g/mol. The summed E-state index contributed by atoms with van der Waals surface area (Å²) in [5, 5.41) is 10.6. The number of hydrogen-bond acceptors (Lipinski definition) is 2. The van der Waals surface area contributed by atoms with Crippen LogP contribution in [0.3, 0.4) is 0 Å². The third-order valence-corrected chi connectivity index (χ3v) is 3.09. The first-order valence-corrected chi connectivity index (χ1v) is 5.24. The van der Waals surface area contributed by atoms with Crippen molar-refractivity contribution in [1.82, 2.24) is 0 Å². The van der Waals surface area contributed by atoms with Crippen molar-refractivity contribution in [3.8, 4) is 5.75 Å². The van der Waals surface area contributed by atoms with Crippen molar-refractivity contribution in [2.24, 2.45) is 0 Å². The number of aliphatic hydroxyl groups is 1. The number of aliphatic hydroxyl groups excluding tert-OH is 1. The Hall–Kier alpha value is -0.440. The van der Waals surface area contributed by atoms with E-state index in [1.807, 2.05) is 0 Å². The Morgan fingerprint density at radius 2 is 2.14 bits per heavy atom. The van der Waals surface area contributed by atoms with Crippen LogP contribution in [-0.4, -0.2) is 11.7 Å². The van der Waals surface area contributed by atoms with E-state index in [1.165, 1.54) is 0 Å². The molecule has 0 unspecified atom stereocenters. The van der Waals surface area contributed by atoms with Gasteiger partial charge in [-0.05, 0) is 18.9 Å². The molecule has 0 fully saturated rings. The molecule has 1 aromatic carbocycles. The highest BCUT2D eigenvalue weighted by molar-refractivity contribution is 6.43. The van der Waals surface area contributed by atoms with Crippen molar-refractivity contribution in [3.63, 3.8) is 0 Å². The second kappa shape index (κ2) is 3.97. The SMILES string of the molecule is O[C@H]1CCCOc2c1ccc(Cl)c2Cl. The quantitative estimate of drug-likeness (QED) is 0.745. The fraction of sp³-hybridized carbons (Fsp3) is 0.400. The Kier molecular flexibility index (Phi) is 2.86. The van der Waals surface area contributed by atoms with Crippen LogP contribution in [0.5, 0.6) is 5.75 Å². The molecular weight excluding hydrogens is 223 g/mol. The van der Waals surface area contributed by atoms with Crippen LogP contribution in [-0.2, 0) is 0 Å². The maximum Gasteiger partial charge on any atom is 0.145 e. The molecule has 0 radical (unpaired) electrons. The topological polar surface area (TPSA) is 29.5 Å². The Bertz CT molecular complexity index is 352. The van der Waals surface area contributed by atoms with Crippen LogP contribution < -0.4 is 4.74 Å². The Balaban J connectivity index is 2.53. The largest absolute Gasteiger partial charge is 0.492 e. The molecule has 14 heavy (non-hydrogen) atoms. The molecule has 4 heteroatoms. The van der Waals surface area contributed by atoms with Gasteiger partial charge < -0.3 is 9.84 Å². The summed E-state index contributed by atoms with van der Waals surface area (Å²) < 4.78 is 5.45. The molecular formula is C10H10Cl2O2. The number of fused-ring (bicyclic) bond motifs is 1. The van der Waals surface area contributed by atoms with Gasteiger partial charge in [-0.15, -0.1) is 0 Å². The van der Waals surface area contributed by atoms with Crippen molar-refractivity contribution in [2.45, 2.75) is 18.9 Å². The van der Waals surface area contributed by atoms with Crippen molar-refractivity contribution in [2.75, 3.05) is 6.61 Å². The van der Waals surface area contributed by atoms with Crippen LogP contribution in [0.25, 0.3) is 0 Å². The van der Waals surface area contributed by atoms with Gasteiger partial charge in [0, 0.05) is 5.56 Å². The predicted octanol–water partition coefficient (Wildman–Crippen LogP) is 3.20. The van der Waals surface area contributed by atoms with Gasteiger partial charge in [0.25, 0.3) is 0 Å². The van der Waals surface area contributed by atoms with Gasteiger partial charge in [-0.3, -0.25) is 0 Å². The average molecular weight is 233 g/mol. The minimum absolute atomic E-state index is 0.394. The lowest BCUT2D eigenvalue weighted by atomic mass is 10.1. The first-order valence-electron chi connectivity index (χ1n) is 4.49. The molecule has 1 aromatic rings. The standard InChI is InChI=1S/C10H10Cl2O2/c11-7-4-3-6-8(13)2-1-5-14-10(6)9(7)12/h3-4,8,13H,1-2,5H2/t8-/m0/s1. The summed E-state index contributed by atoms with van der Waals surface area (Å²) in [4.78, 5) is 0. The van der Waals surface area contributed by atoms with E-state index >= 15 is 0 Å². The Labute approximate surface area is 92.4 Å². The fourth-order valence-corrected chi connectivity index (χ4v) is 1.94. The second-order valence-corrected chi connectivity index (χ2v) is 4.07. The van der Waals surface area contributed by atoms with E-state index < -0.39 is 6.10 Å². The molecule has 2 rings (SSSR count). The first kappa shape index (κ1) is 10.1. The van der Waals surface area contributed by atoms with E-state index in [0.29, 0.717) is 28.8 Å². The number of hydrogen-bond donors (Lipinski definition) is 1. The van der Waals surface area contributed by atoms with Crippen molar-refractivity contribution < 1.29 is 9.84 Å². The molecule has 0 bridgehead atoms. The second-order valence-electron chi connectivity index (χ2n) is 3.29. The van der Waals surface area contributed by atoms with Gasteiger partial charge in [0.1, 0.15) is 10.8 Å². The zero-order valence-electron chi connectivity index (χ0n) is 7.46. The van der Waals surface area contributed by atoms with Gasteiger partial charge in [0.15, 0.2) is 0 Å². The number of halogens is 2. The van der Waals surface area contributed by atoms with Gasteiger partial charge in [0.2, 0.25) is 0 Å². The summed E-state index contributed by atoms with van der Waals surface area (Å²) in [5.74, 6) is 0.532.